The normalized spacial score (nSPS) is 11.7. The van der Waals surface area contributed by atoms with Crippen molar-refractivity contribution in [2.75, 3.05) is 13.1 Å². The lowest BCUT2D eigenvalue weighted by Gasteiger charge is -2.23. The van der Waals surface area contributed by atoms with E-state index in [4.69, 9.17) is 18.9 Å². The molecule has 3 aromatic rings. The molecule has 252 valence electrons. The summed E-state index contributed by atoms with van der Waals surface area (Å²) in [5.74, 6) is -2.95. The lowest BCUT2D eigenvalue weighted by molar-refractivity contribution is -0.136. The fourth-order valence-corrected chi connectivity index (χ4v) is 7.25. The standard InChI is InChI=1S/C33H33Br4NO8S/c1-18-8-10-21(11-9-18)47-38(16-26(39)43-28-22(12-19(34)14-24(28)36)30(41)45-32(2,3)4)17-27(40)44-29-23(13-20(35)15-25(29)37)31(42)46-33(5,6)7/h8-15H,16-17H2,1-7H3. The molecular formula is C33H33Br4NO8S. The van der Waals surface area contributed by atoms with E-state index >= 15 is 0 Å². The summed E-state index contributed by atoms with van der Waals surface area (Å²) in [6.45, 7) is 11.5. The lowest BCUT2D eigenvalue weighted by Crippen LogP contribution is -2.34. The Morgan fingerprint density at radius 2 is 1.04 bits per heavy atom. The molecule has 0 unspecified atom stereocenters. The molecule has 0 aliphatic heterocycles. The van der Waals surface area contributed by atoms with Crippen LogP contribution in [0.15, 0.2) is 71.3 Å². The monoisotopic (exact) mass is 919 g/mol. The first kappa shape index (κ1) is 39.2. The van der Waals surface area contributed by atoms with Crippen LogP contribution < -0.4 is 9.47 Å². The molecule has 0 heterocycles. The number of ether oxygens (including phenoxy) is 4. The van der Waals surface area contributed by atoms with Crippen molar-refractivity contribution >= 4 is 99.5 Å². The highest BCUT2D eigenvalue weighted by Crippen LogP contribution is 2.36. The third-order valence-electron chi connectivity index (χ3n) is 5.55. The van der Waals surface area contributed by atoms with Crippen molar-refractivity contribution in [3.63, 3.8) is 0 Å². The molecule has 0 aliphatic rings. The van der Waals surface area contributed by atoms with Gasteiger partial charge in [-0.05, 0) is 129 Å². The van der Waals surface area contributed by atoms with E-state index in [1.165, 1.54) is 16.4 Å². The minimum Gasteiger partial charge on any atom is -0.456 e. The van der Waals surface area contributed by atoms with E-state index in [9.17, 15) is 19.2 Å². The molecule has 0 bridgehead atoms. The maximum Gasteiger partial charge on any atom is 0.342 e. The van der Waals surface area contributed by atoms with Gasteiger partial charge in [0.1, 0.15) is 35.4 Å². The van der Waals surface area contributed by atoms with Crippen LogP contribution in [-0.4, -0.2) is 52.5 Å². The van der Waals surface area contributed by atoms with E-state index in [2.05, 4.69) is 63.7 Å². The van der Waals surface area contributed by atoms with E-state index < -0.39 is 35.1 Å². The van der Waals surface area contributed by atoms with Crippen molar-refractivity contribution in [3.05, 3.63) is 83.1 Å². The second-order valence-corrected chi connectivity index (χ2v) is 16.9. The van der Waals surface area contributed by atoms with Crippen molar-refractivity contribution in [2.24, 2.45) is 0 Å². The molecule has 0 saturated heterocycles. The maximum absolute atomic E-state index is 13.4. The third kappa shape index (κ3) is 12.6. The number of carbonyl (C=O) groups is 4. The highest BCUT2D eigenvalue weighted by atomic mass is 79.9. The van der Waals surface area contributed by atoms with Crippen molar-refractivity contribution in [2.45, 2.75) is 64.6 Å². The van der Waals surface area contributed by atoms with E-state index in [1.54, 1.807) is 53.7 Å². The molecule has 0 radical (unpaired) electrons. The first-order valence-electron chi connectivity index (χ1n) is 14.1. The average molecular weight is 923 g/mol. The molecule has 0 spiro atoms. The van der Waals surface area contributed by atoms with Crippen LogP contribution in [-0.2, 0) is 19.1 Å². The van der Waals surface area contributed by atoms with E-state index in [1.807, 2.05) is 31.2 Å². The molecule has 0 N–H and O–H groups in total. The van der Waals surface area contributed by atoms with E-state index in [0.717, 1.165) is 22.4 Å². The predicted octanol–water partition coefficient (Wildman–Crippen LogP) is 9.48. The summed E-state index contributed by atoms with van der Waals surface area (Å²) in [5.41, 5.74) is -0.489. The topological polar surface area (TPSA) is 108 Å². The van der Waals surface area contributed by atoms with Gasteiger partial charge < -0.3 is 18.9 Å². The Balaban J connectivity index is 1.89. The van der Waals surface area contributed by atoms with Crippen molar-refractivity contribution < 1.29 is 38.1 Å². The molecule has 0 atom stereocenters. The first-order chi connectivity index (χ1) is 21.7. The highest BCUT2D eigenvalue weighted by Gasteiger charge is 2.28. The maximum atomic E-state index is 13.4. The van der Waals surface area contributed by atoms with Gasteiger partial charge in [0, 0.05) is 13.8 Å². The summed E-state index contributed by atoms with van der Waals surface area (Å²) in [6.07, 6.45) is 0. The van der Waals surface area contributed by atoms with Gasteiger partial charge in [-0.15, -0.1) is 0 Å². The van der Waals surface area contributed by atoms with Crippen LogP contribution in [0.1, 0.15) is 67.8 Å². The zero-order valence-electron chi connectivity index (χ0n) is 26.7. The van der Waals surface area contributed by atoms with Gasteiger partial charge in [-0.3, -0.25) is 9.59 Å². The summed E-state index contributed by atoms with van der Waals surface area (Å²) in [6, 6.07) is 13.7. The minimum absolute atomic E-state index is 0.0291. The SMILES string of the molecule is Cc1ccc(SN(CC(=O)Oc2c(Br)cc(Br)cc2C(=O)OC(C)(C)C)CC(=O)Oc2c(Br)cc(Br)cc2C(=O)OC(C)(C)C)cc1. The fourth-order valence-electron chi connectivity index (χ4n) is 3.75. The van der Waals surface area contributed by atoms with Gasteiger partial charge >= 0.3 is 23.9 Å². The van der Waals surface area contributed by atoms with Crippen LogP contribution in [0.5, 0.6) is 11.5 Å². The summed E-state index contributed by atoms with van der Waals surface area (Å²) < 4.78 is 25.7. The Morgan fingerprint density at radius 1 is 0.660 bits per heavy atom. The number of hydrogen-bond acceptors (Lipinski definition) is 10. The molecule has 0 aliphatic carbocycles. The molecule has 0 aromatic heterocycles. The second kappa shape index (κ2) is 16.4. The molecule has 9 nitrogen and oxygen atoms in total. The number of benzene rings is 3. The quantitative estimate of drug-likeness (QED) is 0.111. The van der Waals surface area contributed by atoms with Gasteiger partial charge in [-0.2, -0.15) is 0 Å². The smallest absolute Gasteiger partial charge is 0.342 e. The lowest BCUT2D eigenvalue weighted by atomic mass is 10.1. The highest BCUT2D eigenvalue weighted by molar-refractivity contribution is 9.11. The Morgan fingerprint density at radius 3 is 1.40 bits per heavy atom. The molecule has 0 saturated carbocycles. The summed E-state index contributed by atoms with van der Waals surface area (Å²) in [4.78, 5) is 53.5. The van der Waals surface area contributed by atoms with Crippen LogP contribution in [0, 0.1) is 6.92 Å². The molecule has 0 amide bonds. The molecule has 3 rings (SSSR count). The van der Waals surface area contributed by atoms with Crippen LogP contribution >= 0.6 is 75.7 Å². The van der Waals surface area contributed by atoms with Gasteiger partial charge in [0.15, 0.2) is 11.5 Å². The molecular weight excluding hydrogens is 890 g/mol. The van der Waals surface area contributed by atoms with Gasteiger partial charge in [-0.1, -0.05) is 49.6 Å². The Labute approximate surface area is 312 Å². The first-order valence-corrected chi connectivity index (χ1v) is 18.0. The number of carbonyl (C=O) groups excluding carboxylic acids is 4. The zero-order chi connectivity index (χ0) is 35.3. The molecule has 0 fully saturated rings. The number of esters is 4. The molecule has 3 aromatic carbocycles. The van der Waals surface area contributed by atoms with Gasteiger partial charge in [0.25, 0.3) is 0 Å². The summed E-state index contributed by atoms with van der Waals surface area (Å²) in [7, 11) is 0. The van der Waals surface area contributed by atoms with E-state index in [0.29, 0.717) is 17.9 Å². The van der Waals surface area contributed by atoms with Crippen LogP contribution in [0.25, 0.3) is 0 Å². The van der Waals surface area contributed by atoms with E-state index in [-0.39, 0.29) is 35.7 Å². The van der Waals surface area contributed by atoms with Gasteiger partial charge in [-0.25, -0.2) is 13.9 Å². The Bertz CT molecular complexity index is 1570. The Kier molecular flexibility index (Phi) is 13.7. The van der Waals surface area contributed by atoms with Crippen molar-refractivity contribution in [3.8, 4) is 11.5 Å². The predicted molar refractivity (Wildman–Crippen MR) is 194 cm³/mol. The summed E-state index contributed by atoms with van der Waals surface area (Å²) >= 11 is 14.6. The van der Waals surface area contributed by atoms with Crippen LogP contribution in [0.2, 0.25) is 0 Å². The van der Waals surface area contributed by atoms with Crippen LogP contribution in [0.4, 0.5) is 0 Å². The number of nitrogens with zero attached hydrogens (tertiary/aromatic N) is 1. The average Bonchev–Trinajstić information content (AvgIpc) is 2.90. The number of aryl methyl sites for hydroxylation is 1. The number of hydrogen-bond donors (Lipinski definition) is 0. The van der Waals surface area contributed by atoms with Crippen molar-refractivity contribution in [1.82, 2.24) is 4.31 Å². The largest absolute Gasteiger partial charge is 0.456 e. The van der Waals surface area contributed by atoms with Crippen molar-refractivity contribution in [1.29, 1.82) is 0 Å². The molecule has 14 heteroatoms. The third-order valence-corrected chi connectivity index (χ3v) is 8.65. The second-order valence-electron chi connectivity index (χ2n) is 12.2. The van der Waals surface area contributed by atoms with Crippen LogP contribution in [0.3, 0.4) is 0 Å². The minimum atomic E-state index is -0.790. The van der Waals surface area contributed by atoms with Gasteiger partial charge in [0.2, 0.25) is 0 Å². The number of rotatable bonds is 10. The summed E-state index contributed by atoms with van der Waals surface area (Å²) in [5, 5.41) is 0. The number of halogens is 4. The zero-order valence-corrected chi connectivity index (χ0v) is 33.8. The fraction of sp³-hybridized carbons (Fsp3) is 0.333. The van der Waals surface area contributed by atoms with Gasteiger partial charge in [0.05, 0.1) is 8.95 Å². The molecule has 47 heavy (non-hydrogen) atoms. The Hall–Kier alpha value is -2.23.